The van der Waals surface area contributed by atoms with Gasteiger partial charge in [0.25, 0.3) is 0 Å². The summed E-state index contributed by atoms with van der Waals surface area (Å²) in [6.07, 6.45) is 1.97. The van der Waals surface area contributed by atoms with Gasteiger partial charge in [-0.2, -0.15) is 0 Å². The van der Waals surface area contributed by atoms with Gasteiger partial charge in [0.15, 0.2) is 0 Å². The van der Waals surface area contributed by atoms with E-state index >= 15 is 0 Å². The van der Waals surface area contributed by atoms with E-state index in [-0.39, 0.29) is 24.2 Å². The molecule has 0 saturated heterocycles. The third-order valence-corrected chi connectivity index (χ3v) is 4.69. The van der Waals surface area contributed by atoms with E-state index in [1.807, 2.05) is 0 Å². The highest BCUT2D eigenvalue weighted by molar-refractivity contribution is 5.86. The van der Waals surface area contributed by atoms with Crippen LogP contribution in [0.1, 0.15) is 22.4 Å². The van der Waals surface area contributed by atoms with Crippen molar-refractivity contribution in [3.05, 3.63) is 70.7 Å². The molecule has 1 aliphatic rings. The smallest absolute Gasteiger partial charge is 0.224 e. The third kappa shape index (κ3) is 2.80. The first-order valence-electron chi connectivity index (χ1n) is 8.22. The van der Waals surface area contributed by atoms with Gasteiger partial charge in [0.05, 0.1) is 6.42 Å². The van der Waals surface area contributed by atoms with Crippen molar-refractivity contribution >= 4 is 16.8 Å². The Morgan fingerprint density at radius 1 is 1.21 bits per heavy atom. The van der Waals surface area contributed by atoms with E-state index in [4.69, 9.17) is 0 Å². The van der Waals surface area contributed by atoms with Crippen molar-refractivity contribution in [1.82, 2.24) is 10.3 Å². The maximum Gasteiger partial charge on any atom is 0.224 e. The van der Waals surface area contributed by atoms with Crippen molar-refractivity contribution in [2.75, 3.05) is 0 Å². The number of amides is 1. The molecule has 1 aliphatic carbocycles. The van der Waals surface area contributed by atoms with Gasteiger partial charge >= 0.3 is 0 Å². The van der Waals surface area contributed by atoms with Gasteiger partial charge in [0.2, 0.25) is 5.91 Å². The highest BCUT2D eigenvalue weighted by Crippen LogP contribution is 2.30. The summed E-state index contributed by atoms with van der Waals surface area (Å²) in [7, 11) is 0. The van der Waals surface area contributed by atoms with E-state index in [0.29, 0.717) is 0 Å². The Morgan fingerprint density at radius 3 is 2.79 bits per heavy atom. The van der Waals surface area contributed by atoms with Crippen LogP contribution in [0.5, 0.6) is 0 Å². The Morgan fingerprint density at radius 2 is 2.00 bits per heavy atom. The van der Waals surface area contributed by atoms with Gasteiger partial charge < -0.3 is 10.3 Å². The fourth-order valence-corrected chi connectivity index (χ4v) is 3.56. The van der Waals surface area contributed by atoms with Gasteiger partial charge in [0, 0.05) is 29.1 Å². The van der Waals surface area contributed by atoms with E-state index in [1.54, 1.807) is 12.1 Å². The van der Waals surface area contributed by atoms with Gasteiger partial charge in [-0.3, -0.25) is 4.79 Å². The van der Waals surface area contributed by atoms with Crippen LogP contribution in [0.25, 0.3) is 10.9 Å². The molecule has 3 aromatic rings. The molecule has 0 aliphatic heterocycles. The summed E-state index contributed by atoms with van der Waals surface area (Å²) in [4.78, 5) is 15.7. The van der Waals surface area contributed by atoms with E-state index in [1.165, 1.54) is 39.9 Å². The summed E-state index contributed by atoms with van der Waals surface area (Å²) in [5.74, 6) is -0.298. The lowest BCUT2D eigenvalue weighted by atomic mass is 10.1. The van der Waals surface area contributed by atoms with Crippen LogP contribution in [-0.4, -0.2) is 16.9 Å². The maximum absolute atomic E-state index is 12.9. The van der Waals surface area contributed by atoms with Gasteiger partial charge in [-0.1, -0.05) is 23.8 Å². The van der Waals surface area contributed by atoms with Crippen molar-refractivity contribution in [1.29, 1.82) is 0 Å². The monoisotopic (exact) mass is 322 g/mol. The van der Waals surface area contributed by atoms with E-state index in [2.05, 4.69) is 35.4 Å². The Labute approximate surface area is 139 Å². The zero-order valence-corrected chi connectivity index (χ0v) is 13.5. The summed E-state index contributed by atoms with van der Waals surface area (Å²) < 4.78 is 12.9. The predicted molar refractivity (Wildman–Crippen MR) is 92.5 cm³/mol. The van der Waals surface area contributed by atoms with Gasteiger partial charge in [-0.05, 0) is 48.7 Å². The normalized spacial score (nSPS) is 16.3. The summed E-state index contributed by atoms with van der Waals surface area (Å²) in [5.41, 5.74) is 5.78. The number of fused-ring (bicyclic) bond motifs is 3. The molecule has 24 heavy (non-hydrogen) atoms. The first-order chi connectivity index (χ1) is 11.6. The average Bonchev–Trinajstić information content (AvgIpc) is 3.07. The lowest BCUT2D eigenvalue weighted by Crippen LogP contribution is -2.36. The molecular formula is C20H19FN2O. The standard InChI is InChI=1S/C20H19FN2O/c1-12-2-7-18-16(8-12)17-10-15(11-19(17)23-18)22-20(24)9-13-3-5-14(21)6-4-13/h2-8,15,23H,9-11H2,1H3,(H,22,24). The summed E-state index contributed by atoms with van der Waals surface area (Å²) in [6.45, 7) is 2.09. The predicted octanol–water partition coefficient (Wildman–Crippen LogP) is 3.44. The molecule has 1 aromatic heterocycles. The van der Waals surface area contributed by atoms with Crippen LogP contribution in [-0.2, 0) is 24.1 Å². The molecule has 0 saturated carbocycles. The number of H-pyrrole nitrogens is 1. The number of rotatable bonds is 3. The molecule has 0 radical (unpaired) electrons. The van der Waals surface area contributed by atoms with Crippen LogP contribution in [0.15, 0.2) is 42.5 Å². The Kier molecular flexibility index (Phi) is 3.60. The Bertz CT molecular complexity index is 911. The number of aromatic amines is 1. The number of hydrogen-bond donors (Lipinski definition) is 2. The van der Waals surface area contributed by atoms with Crippen LogP contribution in [0, 0.1) is 12.7 Å². The second kappa shape index (κ2) is 5.78. The Balaban J connectivity index is 1.44. The SMILES string of the molecule is Cc1ccc2[nH]c3c(c2c1)CC(NC(=O)Cc1ccc(F)cc1)C3. The molecule has 1 amide bonds. The van der Waals surface area contributed by atoms with E-state index < -0.39 is 0 Å². The van der Waals surface area contributed by atoms with Crippen molar-refractivity contribution in [2.24, 2.45) is 0 Å². The van der Waals surface area contributed by atoms with Crippen molar-refractivity contribution in [3.63, 3.8) is 0 Å². The lowest BCUT2D eigenvalue weighted by Gasteiger charge is -2.12. The van der Waals surface area contributed by atoms with Gasteiger partial charge in [-0.15, -0.1) is 0 Å². The highest BCUT2D eigenvalue weighted by Gasteiger charge is 2.26. The number of benzene rings is 2. The van der Waals surface area contributed by atoms with Crippen LogP contribution < -0.4 is 5.32 Å². The Hall–Kier alpha value is -2.62. The first-order valence-corrected chi connectivity index (χ1v) is 8.22. The average molecular weight is 322 g/mol. The zero-order valence-electron chi connectivity index (χ0n) is 13.5. The molecule has 4 heteroatoms. The number of carbonyl (C=O) groups is 1. The minimum Gasteiger partial charge on any atom is -0.358 e. The number of nitrogens with one attached hydrogen (secondary N) is 2. The lowest BCUT2D eigenvalue weighted by molar-refractivity contribution is -0.121. The third-order valence-electron chi connectivity index (χ3n) is 4.69. The number of aryl methyl sites for hydroxylation is 1. The molecule has 0 spiro atoms. The quantitative estimate of drug-likeness (QED) is 0.762. The molecule has 1 unspecified atom stereocenters. The zero-order chi connectivity index (χ0) is 16.7. The maximum atomic E-state index is 12.9. The second-order valence-electron chi connectivity index (χ2n) is 6.61. The van der Waals surface area contributed by atoms with Crippen LogP contribution in [0.2, 0.25) is 0 Å². The van der Waals surface area contributed by atoms with E-state index in [0.717, 1.165) is 18.4 Å². The number of carbonyl (C=O) groups excluding carboxylic acids is 1. The fraction of sp³-hybridized carbons (Fsp3) is 0.250. The van der Waals surface area contributed by atoms with Crippen LogP contribution >= 0.6 is 0 Å². The molecule has 3 nitrogen and oxygen atoms in total. The molecular weight excluding hydrogens is 303 g/mol. The molecule has 0 bridgehead atoms. The van der Waals surface area contributed by atoms with Crippen molar-refractivity contribution in [3.8, 4) is 0 Å². The second-order valence-corrected chi connectivity index (χ2v) is 6.61. The summed E-state index contributed by atoms with van der Waals surface area (Å²) in [6, 6.07) is 12.6. The summed E-state index contributed by atoms with van der Waals surface area (Å²) >= 11 is 0. The topological polar surface area (TPSA) is 44.9 Å². The van der Waals surface area contributed by atoms with Crippen molar-refractivity contribution in [2.45, 2.75) is 32.2 Å². The van der Waals surface area contributed by atoms with E-state index in [9.17, 15) is 9.18 Å². The van der Waals surface area contributed by atoms with Gasteiger partial charge in [-0.25, -0.2) is 4.39 Å². The largest absolute Gasteiger partial charge is 0.358 e. The molecule has 1 heterocycles. The molecule has 2 aromatic carbocycles. The number of aromatic nitrogens is 1. The molecule has 4 rings (SSSR count). The van der Waals surface area contributed by atoms with Crippen molar-refractivity contribution < 1.29 is 9.18 Å². The summed E-state index contributed by atoms with van der Waals surface area (Å²) in [5, 5.41) is 4.37. The number of hydrogen-bond acceptors (Lipinski definition) is 1. The molecule has 1 atom stereocenters. The van der Waals surface area contributed by atoms with Gasteiger partial charge in [0.1, 0.15) is 5.82 Å². The molecule has 2 N–H and O–H groups in total. The number of halogens is 1. The minimum atomic E-state index is -0.282. The first kappa shape index (κ1) is 14.9. The fourth-order valence-electron chi connectivity index (χ4n) is 3.56. The highest BCUT2D eigenvalue weighted by atomic mass is 19.1. The minimum absolute atomic E-state index is 0.0164. The molecule has 122 valence electrons. The molecule has 0 fully saturated rings. The van der Waals surface area contributed by atoms with Crippen LogP contribution in [0.3, 0.4) is 0 Å². The van der Waals surface area contributed by atoms with Crippen LogP contribution in [0.4, 0.5) is 4.39 Å².